The maximum absolute atomic E-state index is 6.26. The molecule has 3 heterocycles. The van der Waals surface area contributed by atoms with Crippen molar-refractivity contribution in [3.8, 4) is 0 Å². The summed E-state index contributed by atoms with van der Waals surface area (Å²) in [6.07, 6.45) is 0.999. The Balaban J connectivity index is 1.81. The molecule has 0 amide bonds. The molecule has 3 rings (SSSR count). The minimum absolute atomic E-state index is 0.530. The van der Waals surface area contributed by atoms with Crippen molar-refractivity contribution in [2.75, 3.05) is 38.7 Å². The van der Waals surface area contributed by atoms with Crippen molar-refractivity contribution in [1.82, 2.24) is 19.9 Å². The molecule has 0 spiro atoms. The Labute approximate surface area is 127 Å². The Morgan fingerprint density at radius 3 is 2.75 bits per heavy atom. The van der Waals surface area contributed by atoms with Gasteiger partial charge < -0.3 is 4.90 Å². The van der Waals surface area contributed by atoms with Gasteiger partial charge in [0.1, 0.15) is 9.98 Å². The maximum Gasteiger partial charge on any atom is 0.240 e. The number of fused-ring (bicyclic) bond motifs is 1. The number of hydrogen-bond donors (Lipinski definition) is 1. The fourth-order valence-electron chi connectivity index (χ4n) is 2.22. The number of likely N-dealkylation sites (N-methyl/N-ethyl adjacent to an activating group) is 1. The molecule has 1 fully saturated rings. The van der Waals surface area contributed by atoms with Crippen molar-refractivity contribution < 1.29 is 0 Å². The molecule has 1 N–H and O–H groups in total. The SMILES string of the molecule is CCc1cc2c(Cl)nc(NN3CCN(C)CC3)nc2s1. The number of nitrogens with one attached hydrogen (secondary N) is 1. The zero-order chi connectivity index (χ0) is 14.1. The summed E-state index contributed by atoms with van der Waals surface area (Å²) >= 11 is 7.95. The van der Waals surface area contributed by atoms with Crippen LogP contribution in [-0.4, -0.2) is 53.1 Å². The first-order valence-corrected chi connectivity index (χ1v) is 8.01. The Morgan fingerprint density at radius 1 is 1.30 bits per heavy atom. The fourth-order valence-corrected chi connectivity index (χ4v) is 3.47. The summed E-state index contributed by atoms with van der Waals surface area (Å²) in [6, 6.07) is 2.09. The first kappa shape index (κ1) is 14.0. The average Bonchev–Trinajstić information content (AvgIpc) is 2.85. The van der Waals surface area contributed by atoms with E-state index in [2.05, 4.69) is 45.3 Å². The van der Waals surface area contributed by atoms with Crippen molar-refractivity contribution in [2.24, 2.45) is 0 Å². The highest BCUT2D eigenvalue weighted by Crippen LogP contribution is 2.30. The van der Waals surface area contributed by atoms with Gasteiger partial charge in [-0.3, -0.25) is 5.43 Å². The first-order chi connectivity index (χ1) is 9.65. The largest absolute Gasteiger partial charge is 0.304 e. The predicted octanol–water partition coefficient (Wildman–Crippen LogP) is 2.48. The standard InChI is InChI=1S/C13H18ClN5S/c1-3-9-8-10-11(14)15-13(16-12(10)20-9)17-19-6-4-18(2)5-7-19/h8H,3-7H2,1-2H3,(H,15,16,17). The zero-order valence-corrected chi connectivity index (χ0v) is 13.3. The monoisotopic (exact) mass is 311 g/mol. The molecule has 0 bridgehead atoms. The molecular formula is C13H18ClN5S. The average molecular weight is 312 g/mol. The van der Waals surface area contributed by atoms with Crippen LogP contribution in [0, 0.1) is 0 Å². The number of aromatic nitrogens is 2. The van der Waals surface area contributed by atoms with Crippen LogP contribution in [0.4, 0.5) is 5.95 Å². The number of hydrogen-bond acceptors (Lipinski definition) is 6. The molecular weight excluding hydrogens is 294 g/mol. The lowest BCUT2D eigenvalue weighted by Gasteiger charge is -2.32. The number of thiophene rings is 1. The predicted molar refractivity (Wildman–Crippen MR) is 84.5 cm³/mol. The van der Waals surface area contributed by atoms with Gasteiger partial charge in [0.05, 0.1) is 0 Å². The molecule has 1 aliphatic rings. The highest BCUT2D eigenvalue weighted by atomic mass is 35.5. The van der Waals surface area contributed by atoms with E-state index in [1.54, 1.807) is 11.3 Å². The van der Waals surface area contributed by atoms with Crippen LogP contribution in [0.5, 0.6) is 0 Å². The Hall–Kier alpha value is -0.950. The van der Waals surface area contributed by atoms with E-state index in [0.717, 1.165) is 42.8 Å². The number of halogens is 1. The van der Waals surface area contributed by atoms with E-state index in [1.807, 2.05) is 0 Å². The topological polar surface area (TPSA) is 44.3 Å². The van der Waals surface area contributed by atoms with Crippen LogP contribution in [0.25, 0.3) is 10.2 Å². The molecule has 0 radical (unpaired) electrons. The minimum Gasteiger partial charge on any atom is -0.304 e. The Bertz CT molecular complexity index is 606. The maximum atomic E-state index is 6.26. The lowest BCUT2D eigenvalue weighted by molar-refractivity contribution is 0.178. The van der Waals surface area contributed by atoms with E-state index >= 15 is 0 Å². The van der Waals surface area contributed by atoms with Crippen LogP contribution in [0.15, 0.2) is 6.07 Å². The molecule has 0 aromatic carbocycles. The van der Waals surface area contributed by atoms with Crippen LogP contribution >= 0.6 is 22.9 Å². The Kier molecular flexibility index (Phi) is 4.07. The van der Waals surface area contributed by atoms with Gasteiger partial charge >= 0.3 is 0 Å². The van der Waals surface area contributed by atoms with E-state index < -0.39 is 0 Å². The molecule has 7 heteroatoms. The van der Waals surface area contributed by atoms with Gasteiger partial charge in [0, 0.05) is 36.4 Å². The van der Waals surface area contributed by atoms with Crippen molar-refractivity contribution in [1.29, 1.82) is 0 Å². The molecule has 2 aromatic heterocycles. The molecule has 0 unspecified atom stereocenters. The summed E-state index contributed by atoms with van der Waals surface area (Å²) in [5.74, 6) is 0.594. The van der Waals surface area contributed by atoms with Crippen LogP contribution in [0.1, 0.15) is 11.8 Å². The summed E-state index contributed by atoms with van der Waals surface area (Å²) in [7, 11) is 2.13. The van der Waals surface area contributed by atoms with Crippen LogP contribution in [0.3, 0.4) is 0 Å². The van der Waals surface area contributed by atoms with Crippen molar-refractivity contribution in [2.45, 2.75) is 13.3 Å². The minimum atomic E-state index is 0.530. The molecule has 0 aliphatic carbocycles. The summed E-state index contributed by atoms with van der Waals surface area (Å²) in [6.45, 7) is 6.14. The van der Waals surface area contributed by atoms with Crippen LogP contribution in [0.2, 0.25) is 5.15 Å². The van der Waals surface area contributed by atoms with Gasteiger partial charge in [-0.1, -0.05) is 18.5 Å². The second-order valence-electron chi connectivity index (χ2n) is 5.03. The molecule has 1 aliphatic heterocycles. The quantitative estimate of drug-likeness (QED) is 0.882. The van der Waals surface area contributed by atoms with Gasteiger partial charge in [-0.05, 0) is 19.5 Å². The lowest BCUT2D eigenvalue weighted by Crippen LogP contribution is -2.47. The lowest BCUT2D eigenvalue weighted by atomic mass is 10.3. The van der Waals surface area contributed by atoms with E-state index in [0.29, 0.717) is 11.1 Å². The van der Waals surface area contributed by atoms with Gasteiger partial charge in [-0.25, -0.2) is 9.99 Å². The highest BCUT2D eigenvalue weighted by Gasteiger charge is 2.16. The third kappa shape index (κ3) is 2.88. The normalized spacial score (nSPS) is 17.8. The van der Waals surface area contributed by atoms with Gasteiger partial charge in [-0.15, -0.1) is 11.3 Å². The van der Waals surface area contributed by atoms with Crippen LogP contribution < -0.4 is 5.43 Å². The van der Waals surface area contributed by atoms with E-state index in [1.165, 1.54) is 4.88 Å². The summed E-state index contributed by atoms with van der Waals surface area (Å²) in [5.41, 5.74) is 3.27. The molecule has 0 atom stereocenters. The molecule has 20 heavy (non-hydrogen) atoms. The first-order valence-electron chi connectivity index (χ1n) is 6.82. The van der Waals surface area contributed by atoms with E-state index in [9.17, 15) is 0 Å². The van der Waals surface area contributed by atoms with Crippen LogP contribution in [-0.2, 0) is 6.42 Å². The second kappa shape index (κ2) is 5.81. The molecule has 1 saturated heterocycles. The number of hydrazine groups is 1. The number of nitrogens with zero attached hydrogens (tertiary/aromatic N) is 4. The van der Waals surface area contributed by atoms with E-state index in [-0.39, 0.29) is 0 Å². The van der Waals surface area contributed by atoms with Crippen molar-refractivity contribution in [3.05, 3.63) is 16.1 Å². The summed E-state index contributed by atoms with van der Waals surface area (Å²) in [4.78, 5) is 13.5. The van der Waals surface area contributed by atoms with Crippen molar-refractivity contribution >= 4 is 39.1 Å². The Morgan fingerprint density at radius 2 is 2.05 bits per heavy atom. The third-order valence-electron chi connectivity index (χ3n) is 3.51. The highest BCUT2D eigenvalue weighted by molar-refractivity contribution is 7.18. The summed E-state index contributed by atoms with van der Waals surface area (Å²) < 4.78 is 0. The summed E-state index contributed by atoms with van der Waals surface area (Å²) in [5, 5.41) is 3.63. The molecule has 5 nitrogen and oxygen atoms in total. The number of piperazine rings is 1. The van der Waals surface area contributed by atoms with Crippen molar-refractivity contribution in [3.63, 3.8) is 0 Å². The third-order valence-corrected chi connectivity index (χ3v) is 4.97. The molecule has 2 aromatic rings. The smallest absolute Gasteiger partial charge is 0.240 e. The number of rotatable bonds is 3. The number of anilines is 1. The molecule has 0 saturated carbocycles. The second-order valence-corrected chi connectivity index (χ2v) is 6.50. The van der Waals surface area contributed by atoms with Gasteiger partial charge in [0.2, 0.25) is 5.95 Å². The molecule has 108 valence electrons. The van der Waals surface area contributed by atoms with E-state index in [4.69, 9.17) is 11.6 Å². The van der Waals surface area contributed by atoms with Gasteiger partial charge in [0.15, 0.2) is 0 Å². The zero-order valence-electron chi connectivity index (χ0n) is 11.7. The van der Waals surface area contributed by atoms with Gasteiger partial charge in [0.25, 0.3) is 0 Å². The number of aryl methyl sites for hydroxylation is 1. The van der Waals surface area contributed by atoms with Gasteiger partial charge in [-0.2, -0.15) is 4.98 Å². The fraction of sp³-hybridized carbons (Fsp3) is 0.538.